The quantitative estimate of drug-likeness (QED) is 0.874. The number of rotatable bonds is 5. The first-order valence-electron chi connectivity index (χ1n) is 7.84. The van der Waals surface area contributed by atoms with Gasteiger partial charge in [0.15, 0.2) is 0 Å². The second kappa shape index (κ2) is 7.57. The number of amides is 1. The van der Waals surface area contributed by atoms with E-state index in [0.717, 1.165) is 24.7 Å². The molecule has 0 spiro atoms. The largest absolute Gasteiger partial charge is 0.325 e. The predicted molar refractivity (Wildman–Crippen MR) is 87.5 cm³/mol. The Kier molecular flexibility index (Phi) is 5.76. The van der Waals surface area contributed by atoms with Gasteiger partial charge in [-0.2, -0.15) is 0 Å². The summed E-state index contributed by atoms with van der Waals surface area (Å²) in [6, 6.07) is 8.50. The summed E-state index contributed by atoms with van der Waals surface area (Å²) in [5.74, 6) is 0.811. The topological polar surface area (TPSA) is 44.4 Å². The van der Waals surface area contributed by atoms with Crippen molar-refractivity contribution in [2.24, 2.45) is 5.92 Å². The maximum absolute atomic E-state index is 12.1. The first-order valence-corrected chi connectivity index (χ1v) is 7.84. The fourth-order valence-electron chi connectivity index (χ4n) is 2.89. The summed E-state index contributed by atoms with van der Waals surface area (Å²) >= 11 is 0. The van der Waals surface area contributed by atoms with Gasteiger partial charge in [0.2, 0.25) is 5.91 Å². The number of benzene rings is 1. The molecule has 0 bridgehead atoms. The van der Waals surface area contributed by atoms with Crippen LogP contribution in [-0.2, 0) is 4.79 Å². The lowest BCUT2D eigenvalue weighted by molar-refractivity contribution is -0.117. The van der Waals surface area contributed by atoms with Gasteiger partial charge in [-0.25, -0.2) is 0 Å². The third-order valence-electron chi connectivity index (χ3n) is 4.50. The van der Waals surface area contributed by atoms with E-state index < -0.39 is 0 Å². The highest BCUT2D eigenvalue weighted by atomic mass is 16.2. The Hall–Kier alpha value is -1.39. The minimum atomic E-state index is 0.0824. The Morgan fingerprint density at radius 3 is 2.48 bits per heavy atom. The number of carbonyl (C=O) groups excluding carboxylic acids is 1. The normalized spacial score (nSPS) is 18.4. The van der Waals surface area contributed by atoms with E-state index in [9.17, 15) is 4.79 Å². The molecule has 1 atom stereocenters. The van der Waals surface area contributed by atoms with E-state index in [4.69, 9.17) is 0 Å². The lowest BCUT2D eigenvalue weighted by Gasteiger charge is -2.34. The number of hydrogen-bond acceptors (Lipinski definition) is 3. The predicted octanol–water partition coefficient (Wildman–Crippen LogP) is 2.25. The Labute approximate surface area is 127 Å². The molecule has 2 rings (SSSR count). The lowest BCUT2D eigenvalue weighted by atomic mass is 9.90. The Morgan fingerprint density at radius 1 is 1.29 bits per heavy atom. The summed E-state index contributed by atoms with van der Waals surface area (Å²) in [6.07, 6.45) is 2.33. The van der Waals surface area contributed by atoms with Crippen LogP contribution in [-0.4, -0.2) is 43.5 Å². The lowest BCUT2D eigenvalue weighted by Crippen LogP contribution is -2.43. The molecule has 1 aliphatic heterocycles. The number of nitrogens with one attached hydrogen (secondary N) is 2. The molecule has 4 heteroatoms. The van der Waals surface area contributed by atoms with E-state index in [1.165, 1.54) is 18.4 Å². The van der Waals surface area contributed by atoms with Gasteiger partial charge in [-0.15, -0.1) is 0 Å². The molecule has 21 heavy (non-hydrogen) atoms. The molecule has 1 saturated heterocycles. The Morgan fingerprint density at radius 2 is 1.90 bits per heavy atom. The molecule has 4 nitrogen and oxygen atoms in total. The summed E-state index contributed by atoms with van der Waals surface area (Å²) in [5, 5.41) is 6.30. The maximum atomic E-state index is 12.1. The standard InChI is InChI=1S/C17H27N3O/c1-13-4-6-16(7-5-13)19-17(21)12-20-10-8-15(9-11-20)14(2)18-3/h4-7,14-15,18H,8-12H2,1-3H3,(H,19,21). The summed E-state index contributed by atoms with van der Waals surface area (Å²) < 4.78 is 0. The molecular formula is C17H27N3O. The van der Waals surface area contributed by atoms with E-state index >= 15 is 0 Å². The molecule has 0 aromatic heterocycles. The van der Waals surface area contributed by atoms with Crippen molar-refractivity contribution < 1.29 is 4.79 Å². The molecule has 1 unspecified atom stereocenters. The highest BCUT2D eigenvalue weighted by Crippen LogP contribution is 2.20. The second-order valence-corrected chi connectivity index (χ2v) is 6.11. The van der Waals surface area contributed by atoms with Crippen molar-refractivity contribution in [1.82, 2.24) is 10.2 Å². The van der Waals surface area contributed by atoms with E-state index in [2.05, 4.69) is 22.5 Å². The van der Waals surface area contributed by atoms with E-state index in [0.29, 0.717) is 12.6 Å². The van der Waals surface area contributed by atoms with Crippen molar-refractivity contribution in [3.63, 3.8) is 0 Å². The first kappa shape index (κ1) is 16.0. The van der Waals surface area contributed by atoms with E-state index in [1.807, 2.05) is 38.2 Å². The van der Waals surface area contributed by atoms with Crippen LogP contribution in [0.15, 0.2) is 24.3 Å². The van der Waals surface area contributed by atoms with Gasteiger partial charge in [0.05, 0.1) is 6.54 Å². The number of aryl methyl sites for hydroxylation is 1. The molecule has 1 heterocycles. The monoisotopic (exact) mass is 289 g/mol. The highest BCUT2D eigenvalue weighted by molar-refractivity contribution is 5.92. The molecule has 116 valence electrons. The van der Waals surface area contributed by atoms with E-state index in [1.54, 1.807) is 0 Å². The van der Waals surface area contributed by atoms with Gasteiger partial charge in [-0.05, 0) is 64.9 Å². The minimum absolute atomic E-state index is 0.0824. The summed E-state index contributed by atoms with van der Waals surface area (Å²) in [7, 11) is 2.02. The Balaban J connectivity index is 1.75. The maximum Gasteiger partial charge on any atom is 0.238 e. The van der Waals surface area contributed by atoms with Gasteiger partial charge in [-0.1, -0.05) is 17.7 Å². The van der Waals surface area contributed by atoms with Crippen LogP contribution in [0, 0.1) is 12.8 Å². The van der Waals surface area contributed by atoms with Crippen LogP contribution in [0.4, 0.5) is 5.69 Å². The van der Waals surface area contributed by atoms with Crippen LogP contribution in [0.2, 0.25) is 0 Å². The number of hydrogen-bond donors (Lipinski definition) is 2. The average Bonchev–Trinajstić information content (AvgIpc) is 2.49. The number of anilines is 1. The van der Waals surface area contributed by atoms with Gasteiger partial charge in [0.1, 0.15) is 0 Å². The van der Waals surface area contributed by atoms with Crippen LogP contribution in [0.3, 0.4) is 0 Å². The highest BCUT2D eigenvalue weighted by Gasteiger charge is 2.23. The van der Waals surface area contributed by atoms with Crippen LogP contribution < -0.4 is 10.6 Å². The Bertz CT molecular complexity index is 450. The van der Waals surface area contributed by atoms with Crippen molar-refractivity contribution in [3.8, 4) is 0 Å². The molecule has 2 N–H and O–H groups in total. The zero-order chi connectivity index (χ0) is 15.2. The van der Waals surface area contributed by atoms with Crippen molar-refractivity contribution >= 4 is 11.6 Å². The molecular weight excluding hydrogens is 262 g/mol. The molecule has 0 saturated carbocycles. The van der Waals surface area contributed by atoms with Crippen molar-refractivity contribution in [1.29, 1.82) is 0 Å². The third-order valence-corrected chi connectivity index (χ3v) is 4.50. The molecule has 1 aromatic rings. The minimum Gasteiger partial charge on any atom is -0.325 e. The molecule has 1 amide bonds. The van der Waals surface area contributed by atoms with Crippen molar-refractivity contribution in [2.75, 3.05) is 32.0 Å². The van der Waals surface area contributed by atoms with Crippen molar-refractivity contribution in [2.45, 2.75) is 32.7 Å². The average molecular weight is 289 g/mol. The molecule has 0 aliphatic carbocycles. The number of carbonyl (C=O) groups is 1. The fourth-order valence-corrected chi connectivity index (χ4v) is 2.89. The smallest absolute Gasteiger partial charge is 0.238 e. The number of piperidine rings is 1. The molecule has 1 aliphatic rings. The third kappa shape index (κ3) is 4.83. The van der Waals surface area contributed by atoms with Crippen LogP contribution in [0.1, 0.15) is 25.3 Å². The first-order chi connectivity index (χ1) is 10.1. The summed E-state index contributed by atoms with van der Waals surface area (Å²) in [4.78, 5) is 14.3. The van der Waals surface area contributed by atoms with E-state index in [-0.39, 0.29) is 5.91 Å². The zero-order valence-electron chi connectivity index (χ0n) is 13.4. The van der Waals surface area contributed by atoms with Gasteiger partial charge in [0, 0.05) is 11.7 Å². The van der Waals surface area contributed by atoms with Gasteiger partial charge >= 0.3 is 0 Å². The van der Waals surface area contributed by atoms with Crippen LogP contribution in [0.25, 0.3) is 0 Å². The molecule has 1 aromatic carbocycles. The van der Waals surface area contributed by atoms with Gasteiger partial charge in [-0.3, -0.25) is 9.69 Å². The van der Waals surface area contributed by atoms with Crippen molar-refractivity contribution in [3.05, 3.63) is 29.8 Å². The molecule has 0 radical (unpaired) electrons. The molecule has 1 fully saturated rings. The van der Waals surface area contributed by atoms with Crippen LogP contribution >= 0.6 is 0 Å². The number of nitrogens with zero attached hydrogens (tertiary/aromatic N) is 1. The van der Waals surface area contributed by atoms with Gasteiger partial charge < -0.3 is 10.6 Å². The SMILES string of the molecule is CNC(C)C1CCN(CC(=O)Nc2ccc(C)cc2)CC1. The number of likely N-dealkylation sites (tertiary alicyclic amines) is 1. The van der Waals surface area contributed by atoms with Gasteiger partial charge in [0.25, 0.3) is 0 Å². The summed E-state index contributed by atoms with van der Waals surface area (Å²) in [5.41, 5.74) is 2.08. The fraction of sp³-hybridized carbons (Fsp3) is 0.588. The zero-order valence-corrected chi connectivity index (χ0v) is 13.4. The summed E-state index contributed by atoms with van der Waals surface area (Å²) in [6.45, 7) is 6.80. The second-order valence-electron chi connectivity index (χ2n) is 6.11. The van der Waals surface area contributed by atoms with Crippen LogP contribution in [0.5, 0.6) is 0 Å².